The number of aliphatic hydroxyl groups is 1. The summed E-state index contributed by atoms with van der Waals surface area (Å²) in [7, 11) is 1.66. The van der Waals surface area contributed by atoms with Gasteiger partial charge in [-0.3, -0.25) is 0 Å². The van der Waals surface area contributed by atoms with Crippen LogP contribution >= 0.6 is 35.3 Å². The van der Waals surface area contributed by atoms with Crippen molar-refractivity contribution in [3.8, 4) is 16.3 Å². The van der Waals surface area contributed by atoms with Gasteiger partial charge in [-0.15, -0.1) is 35.3 Å². The number of hydrogen-bond acceptors (Lipinski definition) is 5. The van der Waals surface area contributed by atoms with Crippen molar-refractivity contribution < 1.29 is 9.84 Å². The molecule has 0 amide bonds. The number of hydrogen-bond donors (Lipinski definition) is 3. The van der Waals surface area contributed by atoms with Crippen LogP contribution in [0.5, 0.6) is 5.75 Å². The number of guanidine groups is 1. The summed E-state index contributed by atoms with van der Waals surface area (Å²) >= 11 is 1.59. The van der Waals surface area contributed by atoms with Gasteiger partial charge >= 0.3 is 0 Å². The van der Waals surface area contributed by atoms with Crippen molar-refractivity contribution in [3.05, 3.63) is 71.2 Å². The molecule has 166 valence electrons. The first kappa shape index (κ1) is 25.1. The smallest absolute Gasteiger partial charge is 0.191 e. The number of aromatic nitrogens is 1. The summed E-state index contributed by atoms with van der Waals surface area (Å²) in [6, 6.07) is 17.5. The maximum atomic E-state index is 10.8. The first-order chi connectivity index (χ1) is 14.5. The van der Waals surface area contributed by atoms with Crippen LogP contribution in [0.3, 0.4) is 0 Å². The number of aliphatic imine (C=N–C) groups is 1. The largest absolute Gasteiger partial charge is 0.497 e. The fraction of sp³-hybridized carbons (Fsp3) is 0.304. The summed E-state index contributed by atoms with van der Waals surface area (Å²) in [6.07, 6.45) is 0. The third kappa shape index (κ3) is 7.19. The molecule has 1 unspecified atom stereocenters. The third-order valence-corrected chi connectivity index (χ3v) is 5.57. The molecule has 1 atom stereocenters. The normalized spacial score (nSPS) is 13.1. The van der Waals surface area contributed by atoms with Gasteiger partial charge in [0, 0.05) is 17.5 Å². The molecule has 0 fully saturated rings. The van der Waals surface area contributed by atoms with E-state index in [1.807, 2.05) is 66.9 Å². The van der Waals surface area contributed by atoms with Crippen LogP contribution in [-0.4, -0.2) is 36.2 Å². The Bertz CT molecular complexity index is 959. The quantitative estimate of drug-likeness (QED) is 0.220. The number of thiazole rings is 1. The van der Waals surface area contributed by atoms with E-state index in [4.69, 9.17) is 9.72 Å². The molecule has 0 saturated heterocycles. The Morgan fingerprint density at radius 1 is 1.13 bits per heavy atom. The predicted molar refractivity (Wildman–Crippen MR) is 138 cm³/mol. The Morgan fingerprint density at radius 2 is 1.84 bits per heavy atom. The molecule has 3 aromatic rings. The van der Waals surface area contributed by atoms with Crippen molar-refractivity contribution in [2.45, 2.75) is 26.0 Å². The summed E-state index contributed by atoms with van der Waals surface area (Å²) in [5.41, 5.74) is 1.81. The highest BCUT2D eigenvalue weighted by atomic mass is 127. The Morgan fingerprint density at radius 3 is 2.48 bits per heavy atom. The Kier molecular flexibility index (Phi) is 9.73. The molecule has 0 bridgehead atoms. The molecule has 31 heavy (non-hydrogen) atoms. The number of halogens is 1. The van der Waals surface area contributed by atoms with Crippen molar-refractivity contribution >= 4 is 41.3 Å². The lowest BCUT2D eigenvalue weighted by Crippen LogP contribution is -2.44. The molecule has 0 spiro atoms. The summed E-state index contributed by atoms with van der Waals surface area (Å²) in [5.74, 6) is 1.47. The van der Waals surface area contributed by atoms with E-state index in [-0.39, 0.29) is 24.0 Å². The van der Waals surface area contributed by atoms with Gasteiger partial charge in [-0.25, -0.2) is 9.98 Å². The molecule has 0 radical (unpaired) electrons. The van der Waals surface area contributed by atoms with Crippen LogP contribution in [-0.2, 0) is 12.1 Å². The molecule has 8 heteroatoms. The molecule has 3 N–H and O–H groups in total. The second-order valence-electron chi connectivity index (χ2n) is 7.06. The lowest BCUT2D eigenvalue weighted by atomic mass is 9.96. The lowest BCUT2D eigenvalue weighted by Gasteiger charge is -2.25. The Hall–Kier alpha value is -2.17. The van der Waals surface area contributed by atoms with Crippen LogP contribution in [0.15, 0.2) is 65.0 Å². The van der Waals surface area contributed by atoms with Crippen molar-refractivity contribution in [1.29, 1.82) is 0 Å². The predicted octanol–water partition coefficient (Wildman–Crippen LogP) is 4.40. The van der Waals surface area contributed by atoms with Gasteiger partial charge in [0.25, 0.3) is 0 Å². The summed E-state index contributed by atoms with van der Waals surface area (Å²) < 4.78 is 5.21. The summed E-state index contributed by atoms with van der Waals surface area (Å²) in [6.45, 7) is 5.33. The lowest BCUT2D eigenvalue weighted by molar-refractivity contribution is 0.0617. The molecular formula is C23H29IN4O2S. The van der Waals surface area contributed by atoms with Gasteiger partial charge in [-0.1, -0.05) is 30.3 Å². The molecule has 1 heterocycles. The maximum absolute atomic E-state index is 10.8. The van der Waals surface area contributed by atoms with Gasteiger partial charge in [-0.2, -0.15) is 0 Å². The molecule has 0 aliphatic carbocycles. The van der Waals surface area contributed by atoms with E-state index in [1.165, 1.54) is 0 Å². The van der Waals surface area contributed by atoms with E-state index in [2.05, 4.69) is 15.6 Å². The zero-order chi connectivity index (χ0) is 21.4. The van der Waals surface area contributed by atoms with E-state index in [0.717, 1.165) is 34.1 Å². The fourth-order valence-electron chi connectivity index (χ4n) is 2.90. The average molecular weight is 552 g/mol. The number of nitrogens with one attached hydrogen (secondary N) is 2. The van der Waals surface area contributed by atoms with Gasteiger partial charge in [0.2, 0.25) is 0 Å². The third-order valence-electron chi connectivity index (χ3n) is 4.63. The van der Waals surface area contributed by atoms with Crippen molar-refractivity contribution in [1.82, 2.24) is 15.6 Å². The molecule has 2 aromatic carbocycles. The van der Waals surface area contributed by atoms with E-state index in [9.17, 15) is 5.11 Å². The molecular weight excluding hydrogens is 523 g/mol. The van der Waals surface area contributed by atoms with E-state index in [0.29, 0.717) is 19.0 Å². The average Bonchev–Trinajstić information content (AvgIpc) is 3.25. The number of methoxy groups -OCH3 is 1. The fourth-order valence-corrected chi connectivity index (χ4v) is 3.72. The minimum Gasteiger partial charge on any atom is -0.497 e. The molecule has 6 nitrogen and oxygen atoms in total. The van der Waals surface area contributed by atoms with Gasteiger partial charge in [0.05, 0.1) is 25.9 Å². The zero-order valence-corrected chi connectivity index (χ0v) is 21.1. The van der Waals surface area contributed by atoms with Crippen LogP contribution in [0, 0.1) is 0 Å². The molecule has 3 rings (SSSR count). The summed E-state index contributed by atoms with van der Waals surface area (Å²) in [4.78, 5) is 9.31. The Labute approximate surface area is 204 Å². The van der Waals surface area contributed by atoms with Crippen LogP contribution in [0.25, 0.3) is 10.6 Å². The van der Waals surface area contributed by atoms with Crippen LogP contribution in [0.1, 0.15) is 25.1 Å². The highest BCUT2D eigenvalue weighted by molar-refractivity contribution is 14.0. The highest BCUT2D eigenvalue weighted by Gasteiger charge is 2.22. The van der Waals surface area contributed by atoms with Crippen LogP contribution in [0.4, 0.5) is 0 Å². The van der Waals surface area contributed by atoms with Crippen molar-refractivity contribution in [3.63, 3.8) is 0 Å². The standard InChI is InChI=1S/C23H28N4O2S.HI/c1-4-24-22(26-16-23(2,28)18-8-6-5-7-9-18)25-14-19-15-30-21(27-19)17-10-12-20(29-3)13-11-17;/h5-13,15,28H,4,14,16H2,1-3H3,(H2,24,25,26);1H. The van der Waals surface area contributed by atoms with Crippen LogP contribution < -0.4 is 15.4 Å². The second-order valence-corrected chi connectivity index (χ2v) is 7.92. The summed E-state index contributed by atoms with van der Waals surface area (Å²) in [5, 5.41) is 20.2. The Balaban J connectivity index is 0.00000341. The first-order valence-corrected chi connectivity index (χ1v) is 10.8. The number of benzene rings is 2. The number of ether oxygens (including phenoxy) is 1. The highest BCUT2D eigenvalue weighted by Crippen LogP contribution is 2.26. The van der Waals surface area contributed by atoms with Gasteiger partial charge < -0.3 is 20.5 Å². The van der Waals surface area contributed by atoms with E-state index < -0.39 is 5.60 Å². The van der Waals surface area contributed by atoms with Crippen LogP contribution in [0.2, 0.25) is 0 Å². The van der Waals surface area contributed by atoms with E-state index in [1.54, 1.807) is 25.4 Å². The first-order valence-electron chi connectivity index (χ1n) is 9.90. The molecule has 0 aliphatic heterocycles. The molecule has 0 saturated carbocycles. The van der Waals surface area contributed by atoms with Crippen molar-refractivity contribution in [2.75, 3.05) is 20.2 Å². The number of nitrogens with zero attached hydrogens (tertiary/aromatic N) is 2. The zero-order valence-electron chi connectivity index (χ0n) is 18.0. The topological polar surface area (TPSA) is 78.8 Å². The molecule has 0 aliphatic rings. The SMILES string of the molecule is CCNC(=NCc1csc(-c2ccc(OC)cc2)n1)NCC(C)(O)c1ccccc1.I. The molecule has 1 aromatic heterocycles. The van der Waals surface area contributed by atoms with Gasteiger partial charge in [0.15, 0.2) is 5.96 Å². The minimum atomic E-state index is -1.00. The minimum absolute atomic E-state index is 0. The van der Waals surface area contributed by atoms with Gasteiger partial charge in [0.1, 0.15) is 16.4 Å². The van der Waals surface area contributed by atoms with E-state index >= 15 is 0 Å². The monoisotopic (exact) mass is 552 g/mol. The second kappa shape index (κ2) is 12.0. The van der Waals surface area contributed by atoms with Gasteiger partial charge in [-0.05, 0) is 43.7 Å². The maximum Gasteiger partial charge on any atom is 0.191 e. The van der Waals surface area contributed by atoms with Crippen molar-refractivity contribution in [2.24, 2.45) is 4.99 Å². The number of rotatable bonds is 8.